The average Bonchev–Trinajstić information content (AvgIpc) is 2.93. The predicted octanol–water partition coefficient (Wildman–Crippen LogP) is 2.23. The number of esters is 1. The van der Waals surface area contributed by atoms with Crippen molar-refractivity contribution in [2.75, 3.05) is 6.26 Å². The molecule has 24 heavy (non-hydrogen) atoms. The molecule has 0 fully saturated rings. The van der Waals surface area contributed by atoms with Crippen LogP contribution in [0.5, 0.6) is 0 Å². The first kappa shape index (κ1) is 16.1. The summed E-state index contributed by atoms with van der Waals surface area (Å²) in [6.45, 7) is -0.142. The quantitative estimate of drug-likeness (QED) is 0.676. The Morgan fingerprint density at radius 1 is 1.25 bits per heavy atom. The van der Waals surface area contributed by atoms with Crippen molar-refractivity contribution in [2.45, 2.75) is 11.8 Å². The predicted molar refractivity (Wildman–Crippen MR) is 83.8 cm³/mol. The number of fused-ring (bicyclic) bond motifs is 1. The van der Waals surface area contributed by atoms with Crippen molar-refractivity contribution in [3.8, 4) is 0 Å². The molecule has 0 radical (unpaired) electrons. The molecule has 0 saturated carbocycles. The number of nitrogens with zero attached hydrogens (tertiary/aromatic N) is 2. The van der Waals surface area contributed by atoms with Crippen molar-refractivity contribution in [1.29, 1.82) is 0 Å². The van der Waals surface area contributed by atoms with Crippen molar-refractivity contribution < 1.29 is 22.3 Å². The number of carbonyl (C=O) groups is 1. The molecule has 0 aliphatic heterocycles. The minimum absolute atomic E-state index is 0.104. The van der Waals surface area contributed by atoms with Gasteiger partial charge in [-0.05, 0) is 29.8 Å². The van der Waals surface area contributed by atoms with Crippen LogP contribution in [0.4, 0.5) is 4.39 Å². The van der Waals surface area contributed by atoms with E-state index in [1.54, 1.807) is 24.3 Å². The molecule has 3 aromatic rings. The highest BCUT2D eigenvalue weighted by Crippen LogP contribution is 2.18. The Balaban J connectivity index is 1.93. The Bertz CT molecular complexity index is 1030. The lowest BCUT2D eigenvalue weighted by molar-refractivity contribution is 0.0468. The molecule has 0 unspecified atom stereocenters. The maximum atomic E-state index is 13.1. The molecule has 2 heterocycles. The molecule has 3 rings (SSSR count). The fraction of sp³-hybridized carbons (Fsp3) is 0.125. The number of ether oxygens (including phenoxy) is 1. The Morgan fingerprint density at radius 2 is 2.04 bits per heavy atom. The summed E-state index contributed by atoms with van der Waals surface area (Å²) in [5.74, 6) is -1.21. The van der Waals surface area contributed by atoms with Gasteiger partial charge in [0.05, 0.1) is 5.52 Å². The number of pyridine rings is 1. The largest absolute Gasteiger partial charge is 0.456 e. The van der Waals surface area contributed by atoms with Gasteiger partial charge in [-0.3, -0.25) is 4.40 Å². The highest BCUT2D eigenvalue weighted by Gasteiger charge is 2.23. The van der Waals surface area contributed by atoms with Crippen molar-refractivity contribution >= 4 is 21.3 Å². The number of halogens is 1. The zero-order valence-electron chi connectivity index (χ0n) is 12.6. The molecule has 1 aromatic carbocycles. The molecule has 124 valence electrons. The van der Waals surface area contributed by atoms with Crippen LogP contribution in [0.15, 0.2) is 53.8 Å². The van der Waals surface area contributed by atoms with Crippen molar-refractivity contribution in [3.05, 3.63) is 65.7 Å². The van der Waals surface area contributed by atoms with Crippen LogP contribution in [0.2, 0.25) is 0 Å². The van der Waals surface area contributed by atoms with Crippen molar-refractivity contribution in [1.82, 2.24) is 9.38 Å². The number of imidazole rings is 1. The normalized spacial score (nSPS) is 11.6. The van der Waals surface area contributed by atoms with Crippen LogP contribution >= 0.6 is 0 Å². The third-order valence-corrected chi connectivity index (χ3v) is 4.25. The number of hydrogen-bond acceptors (Lipinski definition) is 5. The number of aromatic nitrogens is 2. The summed E-state index contributed by atoms with van der Waals surface area (Å²) in [5.41, 5.74) is 0.699. The molecule has 0 saturated heterocycles. The maximum Gasteiger partial charge on any atom is 0.359 e. The Hall–Kier alpha value is -2.74. The van der Waals surface area contributed by atoms with E-state index in [0.717, 1.165) is 6.26 Å². The minimum atomic E-state index is -3.62. The van der Waals surface area contributed by atoms with Gasteiger partial charge in [-0.1, -0.05) is 18.2 Å². The molecule has 0 amide bonds. The first-order valence-electron chi connectivity index (χ1n) is 6.95. The summed E-state index contributed by atoms with van der Waals surface area (Å²) in [5, 5.41) is -0.240. The molecular weight excluding hydrogens is 335 g/mol. The lowest BCUT2D eigenvalue weighted by Crippen LogP contribution is -2.07. The number of rotatable bonds is 4. The fourth-order valence-electron chi connectivity index (χ4n) is 2.27. The third kappa shape index (κ3) is 3.13. The second-order valence-electron chi connectivity index (χ2n) is 5.18. The minimum Gasteiger partial charge on any atom is -0.456 e. The molecule has 0 bridgehead atoms. The van der Waals surface area contributed by atoms with Crippen LogP contribution in [-0.4, -0.2) is 30.0 Å². The average molecular weight is 348 g/mol. The molecular formula is C16H13FN2O4S. The molecule has 0 N–H and O–H groups in total. The summed E-state index contributed by atoms with van der Waals surface area (Å²) in [6, 6.07) is 10.5. The SMILES string of the molecule is CS(=O)(=O)c1nc(C(=O)OCc2cccc(F)c2)c2ccccn12. The molecule has 0 aliphatic carbocycles. The van der Waals surface area contributed by atoms with Gasteiger partial charge in [0.2, 0.25) is 15.0 Å². The van der Waals surface area contributed by atoms with E-state index in [-0.39, 0.29) is 17.5 Å². The van der Waals surface area contributed by atoms with Crippen LogP contribution in [0.3, 0.4) is 0 Å². The molecule has 6 nitrogen and oxygen atoms in total. The smallest absolute Gasteiger partial charge is 0.359 e. The van der Waals surface area contributed by atoms with Gasteiger partial charge in [-0.25, -0.2) is 22.6 Å². The lowest BCUT2D eigenvalue weighted by Gasteiger charge is -2.03. The van der Waals surface area contributed by atoms with E-state index in [1.165, 1.54) is 28.8 Å². The summed E-state index contributed by atoms with van der Waals surface area (Å²) in [4.78, 5) is 16.2. The van der Waals surface area contributed by atoms with Crippen molar-refractivity contribution in [2.24, 2.45) is 0 Å². The van der Waals surface area contributed by atoms with Gasteiger partial charge in [0.15, 0.2) is 5.69 Å². The fourth-order valence-corrected chi connectivity index (χ4v) is 3.04. The first-order valence-corrected chi connectivity index (χ1v) is 8.84. The molecule has 0 spiro atoms. The van der Waals surface area contributed by atoms with Gasteiger partial charge in [-0.2, -0.15) is 0 Å². The zero-order chi connectivity index (χ0) is 17.3. The number of sulfone groups is 1. The van der Waals surface area contributed by atoms with E-state index in [4.69, 9.17) is 4.74 Å². The van der Waals surface area contributed by atoms with Crippen LogP contribution in [-0.2, 0) is 21.2 Å². The van der Waals surface area contributed by atoms with E-state index in [0.29, 0.717) is 11.1 Å². The summed E-state index contributed by atoms with van der Waals surface area (Å²) in [6.07, 6.45) is 2.51. The summed E-state index contributed by atoms with van der Waals surface area (Å²) in [7, 11) is -3.62. The number of benzene rings is 1. The van der Waals surface area contributed by atoms with Gasteiger partial charge in [0, 0.05) is 12.5 Å². The molecule has 2 aromatic heterocycles. The van der Waals surface area contributed by atoms with Crippen LogP contribution in [0.25, 0.3) is 5.52 Å². The van der Waals surface area contributed by atoms with E-state index in [2.05, 4.69) is 4.98 Å². The Morgan fingerprint density at radius 3 is 2.75 bits per heavy atom. The van der Waals surface area contributed by atoms with Gasteiger partial charge < -0.3 is 4.74 Å². The zero-order valence-corrected chi connectivity index (χ0v) is 13.5. The molecule has 8 heteroatoms. The maximum absolute atomic E-state index is 13.1. The van der Waals surface area contributed by atoms with Crippen molar-refractivity contribution in [3.63, 3.8) is 0 Å². The highest BCUT2D eigenvalue weighted by atomic mass is 32.2. The summed E-state index contributed by atoms with van der Waals surface area (Å²) < 4.78 is 43.2. The topological polar surface area (TPSA) is 77.7 Å². The highest BCUT2D eigenvalue weighted by molar-refractivity contribution is 7.90. The second kappa shape index (κ2) is 6.04. The van der Waals surface area contributed by atoms with Crippen LogP contribution in [0, 0.1) is 5.82 Å². The monoisotopic (exact) mass is 348 g/mol. The van der Waals surface area contributed by atoms with E-state index in [1.807, 2.05) is 0 Å². The standard InChI is InChI=1S/C16H13FN2O4S/c1-24(21,22)16-18-14(13-7-2-3-8-19(13)16)15(20)23-10-11-5-4-6-12(17)9-11/h2-9H,10H2,1H3. The number of hydrogen-bond donors (Lipinski definition) is 0. The Labute approximate surface area is 137 Å². The van der Waals surface area contributed by atoms with Crippen LogP contribution < -0.4 is 0 Å². The van der Waals surface area contributed by atoms with Gasteiger partial charge >= 0.3 is 5.97 Å². The van der Waals surface area contributed by atoms with Gasteiger partial charge in [0.25, 0.3) is 0 Å². The molecule has 0 aliphatic rings. The van der Waals surface area contributed by atoms with Crippen LogP contribution in [0.1, 0.15) is 16.1 Å². The van der Waals surface area contributed by atoms with E-state index >= 15 is 0 Å². The summed E-state index contributed by atoms with van der Waals surface area (Å²) >= 11 is 0. The lowest BCUT2D eigenvalue weighted by atomic mass is 10.2. The molecule has 0 atom stereocenters. The second-order valence-corrected chi connectivity index (χ2v) is 7.09. The van der Waals surface area contributed by atoms with Gasteiger partial charge in [-0.15, -0.1) is 0 Å². The first-order chi connectivity index (χ1) is 11.4. The Kier molecular flexibility index (Phi) is 4.06. The van der Waals surface area contributed by atoms with E-state index in [9.17, 15) is 17.6 Å². The van der Waals surface area contributed by atoms with Gasteiger partial charge in [0.1, 0.15) is 12.4 Å². The third-order valence-electron chi connectivity index (χ3n) is 3.30. The number of carbonyl (C=O) groups excluding carboxylic acids is 1. The van der Waals surface area contributed by atoms with E-state index < -0.39 is 21.6 Å².